The number of allylic oxidation sites excluding steroid dienone is 1. The van der Waals surface area contributed by atoms with Gasteiger partial charge in [-0.2, -0.15) is 0 Å². The molecule has 1 atom stereocenters. The zero-order valence-electron chi connectivity index (χ0n) is 19.4. The number of nitrogens with zero attached hydrogens (tertiary/aromatic N) is 2. The number of para-hydroxylation sites is 2. The first-order valence-electron chi connectivity index (χ1n) is 10.2. The van der Waals surface area contributed by atoms with Gasteiger partial charge >= 0.3 is 0 Å². The normalized spacial score (nSPS) is 14.3. The van der Waals surface area contributed by atoms with Crippen LogP contribution in [0.2, 0.25) is 0 Å². The fraction of sp³-hybridized carbons (Fsp3) is 0.478. The third-order valence-electron chi connectivity index (χ3n) is 4.42. The van der Waals surface area contributed by atoms with Crippen molar-refractivity contribution in [2.24, 2.45) is 17.6 Å². The van der Waals surface area contributed by atoms with E-state index in [-0.39, 0.29) is 5.91 Å². The maximum Gasteiger partial charge on any atom is 0.259 e. The highest BCUT2D eigenvalue weighted by Crippen LogP contribution is 2.31. The lowest BCUT2D eigenvalue weighted by Gasteiger charge is -2.19. The van der Waals surface area contributed by atoms with E-state index in [9.17, 15) is 19.2 Å². The van der Waals surface area contributed by atoms with E-state index in [0.29, 0.717) is 36.0 Å². The Morgan fingerprint density at radius 2 is 1.55 bits per heavy atom. The quantitative estimate of drug-likeness (QED) is 0.408. The van der Waals surface area contributed by atoms with Crippen LogP contribution in [0.25, 0.3) is 0 Å². The van der Waals surface area contributed by atoms with Crippen LogP contribution in [0.4, 0.5) is 11.4 Å². The van der Waals surface area contributed by atoms with Gasteiger partial charge in [0.25, 0.3) is 11.8 Å². The number of benzene rings is 1. The summed E-state index contributed by atoms with van der Waals surface area (Å²) in [6.07, 6.45) is 3.72. The van der Waals surface area contributed by atoms with E-state index in [1.54, 1.807) is 44.4 Å². The molecule has 1 heterocycles. The van der Waals surface area contributed by atoms with Gasteiger partial charge in [0.2, 0.25) is 12.3 Å². The van der Waals surface area contributed by atoms with Gasteiger partial charge in [-0.25, -0.2) is 0 Å². The number of carbonyl (C=O) groups excluding carboxylic acids is 4. The molecule has 8 nitrogen and oxygen atoms in total. The van der Waals surface area contributed by atoms with Crippen LogP contribution < -0.4 is 20.9 Å². The lowest BCUT2D eigenvalue weighted by atomic mass is 9.96. The topological polar surface area (TPSA) is 113 Å². The minimum Gasteiger partial charge on any atom is -0.370 e. The van der Waals surface area contributed by atoms with Crippen LogP contribution in [0.15, 0.2) is 36.9 Å². The summed E-state index contributed by atoms with van der Waals surface area (Å²) in [5.41, 5.74) is 6.30. The summed E-state index contributed by atoms with van der Waals surface area (Å²) in [6, 6.07) is 5.90. The Kier molecular flexibility index (Phi) is 12.5. The summed E-state index contributed by atoms with van der Waals surface area (Å²) in [5, 5.41) is 2.26. The van der Waals surface area contributed by atoms with E-state index in [4.69, 9.17) is 5.73 Å². The average Bonchev–Trinajstić information content (AvgIpc) is 2.75. The molecule has 3 N–H and O–H groups in total. The van der Waals surface area contributed by atoms with Crippen molar-refractivity contribution in [3.8, 4) is 0 Å². The molecule has 0 radical (unpaired) electrons. The lowest BCUT2D eigenvalue weighted by Crippen LogP contribution is -2.52. The fourth-order valence-electron chi connectivity index (χ4n) is 3.20. The standard InChI is InChI=1S/C12H13N3O3.C8H17NO.C3H6/c1-14-8-5-3-4-6-9(8)15(2)12(18)10(11(14)17)13-7-16;1-6(2)4-7(3)5-8(9)10;1-3-2/h3-7,10H,1-2H3,(H,13,16);6-7H,4-5H2,1-3H3,(H2,9,10);3H,1H2,2H3. The van der Waals surface area contributed by atoms with Crippen molar-refractivity contribution < 1.29 is 19.2 Å². The molecule has 2 rings (SSSR count). The highest BCUT2D eigenvalue weighted by molar-refractivity contribution is 6.20. The zero-order valence-corrected chi connectivity index (χ0v) is 19.4. The van der Waals surface area contributed by atoms with Crippen molar-refractivity contribution in [2.45, 2.75) is 46.6 Å². The van der Waals surface area contributed by atoms with Crippen molar-refractivity contribution in [2.75, 3.05) is 23.9 Å². The highest BCUT2D eigenvalue weighted by Gasteiger charge is 2.37. The number of fused-ring (bicyclic) bond motifs is 1. The number of likely N-dealkylation sites (N-methyl/N-ethyl adjacent to an activating group) is 2. The second-order valence-electron chi connectivity index (χ2n) is 7.81. The van der Waals surface area contributed by atoms with Crippen LogP contribution in [0, 0.1) is 11.8 Å². The number of carbonyl (C=O) groups is 4. The molecule has 0 fully saturated rings. The van der Waals surface area contributed by atoms with Gasteiger partial charge in [-0.15, -0.1) is 6.58 Å². The van der Waals surface area contributed by atoms with Crippen LogP contribution in [0.3, 0.4) is 0 Å². The fourth-order valence-corrected chi connectivity index (χ4v) is 3.20. The Hall–Kier alpha value is -3.16. The molecule has 1 aliphatic rings. The number of hydrogen-bond donors (Lipinski definition) is 2. The van der Waals surface area contributed by atoms with E-state index >= 15 is 0 Å². The van der Waals surface area contributed by atoms with Gasteiger partial charge < -0.3 is 20.9 Å². The number of anilines is 2. The van der Waals surface area contributed by atoms with E-state index < -0.39 is 17.9 Å². The van der Waals surface area contributed by atoms with Gasteiger partial charge in [0, 0.05) is 20.5 Å². The van der Waals surface area contributed by atoms with Gasteiger partial charge in [-0.3, -0.25) is 19.2 Å². The van der Waals surface area contributed by atoms with E-state index in [0.717, 1.165) is 6.42 Å². The number of nitrogens with two attached hydrogens (primary N) is 1. The molecular weight excluding hydrogens is 396 g/mol. The molecule has 0 saturated heterocycles. The second kappa shape index (κ2) is 14.0. The Morgan fingerprint density at radius 1 is 1.13 bits per heavy atom. The molecule has 0 saturated carbocycles. The second-order valence-corrected chi connectivity index (χ2v) is 7.81. The molecule has 1 aliphatic heterocycles. The van der Waals surface area contributed by atoms with Gasteiger partial charge in [-0.05, 0) is 37.3 Å². The number of amides is 4. The van der Waals surface area contributed by atoms with Crippen LogP contribution in [-0.4, -0.2) is 44.3 Å². The summed E-state index contributed by atoms with van der Waals surface area (Å²) in [7, 11) is 3.15. The van der Waals surface area contributed by atoms with Crippen molar-refractivity contribution in [3.63, 3.8) is 0 Å². The molecule has 0 aliphatic carbocycles. The van der Waals surface area contributed by atoms with Gasteiger partial charge in [0.1, 0.15) is 0 Å². The monoisotopic (exact) mass is 432 g/mol. The molecule has 0 aromatic heterocycles. The number of rotatable bonds is 6. The number of nitrogens with one attached hydrogen (secondary N) is 1. The summed E-state index contributed by atoms with van der Waals surface area (Å²) in [6.45, 7) is 11.6. The van der Waals surface area contributed by atoms with Gasteiger partial charge in [0.05, 0.1) is 11.4 Å². The first-order valence-corrected chi connectivity index (χ1v) is 10.2. The molecule has 31 heavy (non-hydrogen) atoms. The van der Waals surface area contributed by atoms with Crippen LogP contribution in [0.1, 0.15) is 40.5 Å². The number of primary amides is 1. The third kappa shape index (κ3) is 9.02. The lowest BCUT2D eigenvalue weighted by molar-refractivity contribution is -0.131. The average molecular weight is 433 g/mol. The van der Waals surface area contributed by atoms with Crippen LogP contribution in [-0.2, 0) is 19.2 Å². The van der Waals surface area contributed by atoms with E-state index in [1.165, 1.54) is 9.80 Å². The molecule has 172 valence electrons. The molecule has 8 heteroatoms. The highest BCUT2D eigenvalue weighted by atomic mass is 16.2. The molecule has 0 spiro atoms. The van der Waals surface area contributed by atoms with Crippen LogP contribution >= 0.6 is 0 Å². The predicted octanol–water partition coefficient (Wildman–Crippen LogP) is 2.48. The maximum absolute atomic E-state index is 12.1. The van der Waals surface area contributed by atoms with Crippen molar-refractivity contribution in [3.05, 3.63) is 36.9 Å². The first kappa shape index (κ1) is 27.8. The summed E-state index contributed by atoms with van der Waals surface area (Å²) >= 11 is 0. The SMILES string of the molecule is C=CC.CC(C)CC(C)CC(N)=O.CN1C(=O)C(NC=O)C(=O)N(C)c2ccccc21. The number of hydrogen-bond acceptors (Lipinski definition) is 4. The molecule has 1 aromatic rings. The minimum absolute atomic E-state index is 0.187. The Balaban J connectivity index is 0.000000588. The minimum atomic E-state index is -1.18. The Morgan fingerprint density at radius 3 is 1.87 bits per heavy atom. The Bertz CT molecular complexity index is 723. The Labute approximate surface area is 185 Å². The predicted molar refractivity (Wildman–Crippen MR) is 125 cm³/mol. The molecular formula is C23H36N4O4. The molecule has 0 bridgehead atoms. The zero-order chi connectivity index (χ0) is 24.1. The van der Waals surface area contributed by atoms with Gasteiger partial charge in [0.15, 0.2) is 6.04 Å². The first-order chi connectivity index (χ1) is 14.5. The van der Waals surface area contributed by atoms with E-state index in [2.05, 4.69) is 32.7 Å². The van der Waals surface area contributed by atoms with E-state index in [1.807, 2.05) is 6.92 Å². The van der Waals surface area contributed by atoms with Crippen molar-refractivity contribution in [1.82, 2.24) is 5.32 Å². The van der Waals surface area contributed by atoms with Gasteiger partial charge in [-0.1, -0.05) is 39.0 Å². The van der Waals surface area contributed by atoms with Crippen LogP contribution in [0.5, 0.6) is 0 Å². The third-order valence-corrected chi connectivity index (χ3v) is 4.42. The molecule has 4 amide bonds. The van der Waals surface area contributed by atoms with Crippen molar-refractivity contribution in [1.29, 1.82) is 0 Å². The summed E-state index contributed by atoms with van der Waals surface area (Å²) in [5.74, 6) is 0.00722. The smallest absolute Gasteiger partial charge is 0.259 e. The largest absolute Gasteiger partial charge is 0.370 e. The maximum atomic E-state index is 12.1. The summed E-state index contributed by atoms with van der Waals surface area (Å²) < 4.78 is 0. The molecule has 1 aromatic carbocycles. The summed E-state index contributed by atoms with van der Waals surface area (Å²) in [4.78, 5) is 47.9. The van der Waals surface area contributed by atoms with Crippen molar-refractivity contribution >= 4 is 35.5 Å². The molecule has 1 unspecified atom stereocenters.